The van der Waals surface area contributed by atoms with E-state index in [0.717, 1.165) is 17.1 Å². The van der Waals surface area contributed by atoms with Gasteiger partial charge in [-0.2, -0.15) is 9.67 Å². The van der Waals surface area contributed by atoms with E-state index < -0.39 is 0 Å². The van der Waals surface area contributed by atoms with Crippen molar-refractivity contribution >= 4 is 11.8 Å². The molecule has 0 saturated carbocycles. The minimum Gasteiger partial charge on any atom is -0.368 e. The van der Waals surface area contributed by atoms with Crippen LogP contribution in [0.5, 0.6) is 0 Å². The van der Waals surface area contributed by atoms with Gasteiger partial charge in [0, 0.05) is 30.8 Å². The minimum absolute atomic E-state index is 0.213. The van der Waals surface area contributed by atoms with Crippen molar-refractivity contribution in [3.63, 3.8) is 0 Å². The average Bonchev–Trinajstić information content (AvgIpc) is 3.42. The molecule has 0 spiro atoms. The van der Waals surface area contributed by atoms with Gasteiger partial charge in [0.15, 0.2) is 5.82 Å². The summed E-state index contributed by atoms with van der Waals surface area (Å²) >= 11 is 0. The quantitative estimate of drug-likeness (QED) is 0.437. The monoisotopic (exact) mass is 391 g/mol. The van der Waals surface area contributed by atoms with Crippen molar-refractivity contribution < 1.29 is 4.52 Å². The topological polar surface area (TPSA) is 119 Å². The zero-order chi connectivity index (χ0) is 20.1. The van der Waals surface area contributed by atoms with Gasteiger partial charge in [0.1, 0.15) is 5.82 Å². The van der Waals surface area contributed by atoms with Gasteiger partial charge in [-0.1, -0.05) is 42.3 Å². The number of hydrogen-bond acceptors (Lipinski definition) is 9. The summed E-state index contributed by atoms with van der Waals surface area (Å²) in [6, 6.07) is 13.4. The van der Waals surface area contributed by atoms with Crippen molar-refractivity contribution in [1.29, 1.82) is 0 Å². The highest BCUT2D eigenvalue weighted by Crippen LogP contribution is 2.21. The van der Waals surface area contributed by atoms with Crippen LogP contribution in [0.2, 0.25) is 0 Å². The van der Waals surface area contributed by atoms with Crippen molar-refractivity contribution in [3.05, 3.63) is 54.5 Å². The summed E-state index contributed by atoms with van der Waals surface area (Å²) in [5.74, 6) is 2.68. The molecule has 3 aromatic heterocycles. The van der Waals surface area contributed by atoms with E-state index in [9.17, 15) is 0 Å². The molecule has 0 bridgehead atoms. The second kappa shape index (κ2) is 8.46. The van der Waals surface area contributed by atoms with Gasteiger partial charge in [0.05, 0.1) is 5.69 Å². The Balaban J connectivity index is 1.34. The fourth-order valence-electron chi connectivity index (χ4n) is 2.65. The van der Waals surface area contributed by atoms with Gasteiger partial charge in [0.25, 0.3) is 5.89 Å². The first-order valence-corrected chi connectivity index (χ1v) is 9.32. The first-order chi connectivity index (χ1) is 14.2. The fraction of sp³-hybridized carbons (Fsp3) is 0.263. The van der Waals surface area contributed by atoms with Crippen LogP contribution in [0, 0.1) is 0 Å². The Hall–Kier alpha value is -3.82. The number of benzene rings is 1. The number of rotatable bonds is 8. The standard InChI is InChI=1S/C19H21N9O/c1-13(2)17-23-18(29-25-17)14-8-9-20-16(12-14)21-10-11-22-19-24-26-27-28(19)15-6-4-3-5-7-15/h3-9,12-13H,10-11H2,1-2H3,(H,20,21)(H,22,24,27). The van der Waals surface area contributed by atoms with Crippen LogP contribution >= 0.6 is 0 Å². The highest BCUT2D eigenvalue weighted by Gasteiger charge is 2.12. The summed E-state index contributed by atoms with van der Waals surface area (Å²) in [5.41, 5.74) is 1.71. The van der Waals surface area contributed by atoms with Crippen LogP contribution in [0.4, 0.5) is 11.8 Å². The molecule has 0 saturated heterocycles. The molecule has 2 N–H and O–H groups in total. The third kappa shape index (κ3) is 4.37. The molecule has 3 heterocycles. The molecule has 0 unspecified atom stereocenters. The number of aromatic nitrogens is 7. The van der Waals surface area contributed by atoms with Crippen molar-refractivity contribution in [2.75, 3.05) is 23.7 Å². The van der Waals surface area contributed by atoms with Crippen LogP contribution in [-0.2, 0) is 0 Å². The number of nitrogens with one attached hydrogen (secondary N) is 2. The van der Waals surface area contributed by atoms with E-state index >= 15 is 0 Å². The maximum absolute atomic E-state index is 5.34. The van der Waals surface area contributed by atoms with E-state index in [1.54, 1.807) is 10.9 Å². The molecule has 29 heavy (non-hydrogen) atoms. The fourth-order valence-corrected chi connectivity index (χ4v) is 2.65. The Labute approximate surface area is 167 Å². The summed E-state index contributed by atoms with van der Waals surface area (Å²) in [6.45, 7) is 5.28. The predicted molar refractivity (Wildman–Crippen MR) is 108 cm³/mol. The Morgan fingerprint density at radius 2 is 1.90 bits per heavy atom. The largest absolute Gasteiger partial charge is 0.368 e. The zero-order valence-electron chi connectivity index (χ0n) is 16.1. The molecule has 0 fully saturated rings. The lowest BCUT2D eigenvalue weighted by Crippen LogP contribution is -2.16. The maximum atomic E-state index is 5.34. The van der Waals surface area contributed by atoms with Crippen LogP contribution in [0.1, 0.15) is 25.6 Å². The van der Waals surface area contributed by atoms with E-state index in [1.807, 2.05) is 56.3 Å². The maximum Gasteiger partial charge on any atom is 0.258 e. The number of para-hydroxylation sites is 1. The molecular formula is C19H21N9O. The van der Waals surface area contributed by atoms with E-state index in [4.69, 9.17) is 4.52 Å². The zero-order valence-corrected chi connectivity index (χ0v) is 16.1. The van der Waals surface area contributed by atoms with Crippen molar-refractivity contribution in [1.82, 2.24) is 35.3 Å². The molecule has 4 aromatic rings. The molecule has 1 aromatic carbocycles. The van der Waals surface area contributed by atoms with E-state index in [-0.39, 0.29) is 5.92 Å². The van der Waals surface area contributed by atoms with Crippen LogP contribution in [-0.4, -0.2) is 48.4 Å². The SMILES string of the molecule is CC(C)c1noc(-c2ccnc(NCCNc3nnnn3-c3ccccc3)c2)n1. The van der Waals surface area contributed by atoms with Crippen LogP contribution in [0.3, 0.4) is 0 Å². The molecule has 0 atom stereocenters. The minimum atomic E-state index is 0.213. The van der Waals surface area contributed by atoms with E-state index in [0.29, 0.717) is 30.8 Å². The van der Waals surface area contributed by atoms with E-state index in [2.05, 4.69) is 41.3 Å². The second-order valence-corrected chi connectivity index (χ2v) is 6.65. The molecule has 0 aliphatic heterocycles. The number of pyridine rings is 1. The summed E-state index contributed by atoms with van der Waals surface area (Å²) in [6.07, 6.45) is 1.71. The lowest BCUT2D eigenvalue weighted by molar-refractivity contribution is 0.419. The Bertz CT molecular complexity index is 1060. The molecule has 0 aliphatic carbocycles. The van der Waals surface area contributed by atoms with Gasteiger partial charge in [0.2, 0.25) is 5.95 Å². The number of anilines is 2. The third-order valence-corrected chi connectivity index (χ3v) is 4.15. The highest BCUT2D eigenvalue weighted by molar-refractivity contribution is 5.57. The summed E-state index contributed by atoms with van der Waals surface area (Å²) in [5, 5.41) is 22.3. The molecule has 0 radical (unpaired) electrons. The van der Waals surface area contributed by atoms with Crippen molar-refractivity contribution in [3.8, 4) is 17.1 Å². The van der Waals surface area contributed by atoms with Crippen molar-refractivity contribution in [2.45, 2.75) is 19.8 Å². The highest BCUT2D eigenvalue weighted by atomic mass is 16.5. The van der Waals surface area contributed by atoms with Gasteiger partial charge >= 0.3 is 0 Å². The van der Waals surface area contributed by atoms with Gasteiger partial charge in [-0.15, -0.1) is 0 Å². The first-order valence-electron chi connectivity index (χ1n) is 9.32. The van der Waals surface area contributed by atoms with Gasteiger partial charge < -0.3 is 15.2 Å². The Kier molecular flexibility index (Phi) is 5.41. The van der Waals surface area contributed by atoms with E-state index in [1.165, 1.54) is 0 Å². The Morgan fingerprint density at radius 3 is 2.69 bits per heavy atom. The van der Waals surface area contributed by atoms with Gasteiger partial charge in [-0.25, -0.2) is 4.98 Å². The summed E-state index contributed by atoms with van der Waals surface area (Å²) < 4.78 is 7.00. The molecule has 10 nitrogen and oxygen atoms in total. The molecule has 0 aliphatic rings. The van der Waals surface area contributed by atoms with Crippen molar-refractivity contribution in [2.24, 2.45) is 0 Å². The molecular weight excluding hydrogens is 370 g/mol. The smallest absolute Gasteiger partial charge is 0.258 e. The lowest BCUT2D eigenvalue weighted by atomic mass is 10.2. The number of nitrogens with zero attached hydrogens (tertiary/aromatic N) is 7. The van der Waals surface area contributed by atoms with Gasteiger partial charge in [-0.3, -0.25) is 0 Å². The summed E-state index contributed by atoms with van der Waals surface area (Å²) in [4.78, 5) is 8.75. The average molecular weight is 391 g/mol. The van der Waals surface area contributed by atoms with Crippen LogP contribution in [0.25, 0.3) is 17.1 Å². The predicted octanol–water partition coefficient (Wildman–Crippen LogP) is 2.75. The van der Waals surface area contributed by atoms with Crippen LogP contribution in [0.15, 0.2) is 53.2 Å². The first kappa shape index (κ1) is 18.5. The van der Waals surface area contributed by atoms with Gasteiger partial charge in [-0.05, 0) is 34.7 Å². The Morgan fingerprint density at radius 1 is 1.07 bits per heavy atom. The third-order valence-electron chi connectivity index (χ3n) is 4.15. The molecule has 148 valence electrons. The molecule has 0 amide bonds. The normalized spacial score (nSPS) is 11.0. The second-order valence-electron chi connectivity index (χ2n) is 6.65. The lowest BCUT2D eigenvalue weighted by Gasteiger charge is -2.08. The molecule has 4 rings (SSSR count). The number of tetrazole rings is 1. The van der Waals surface area contributed by atoms with Crippen LogP contribution < -0.4 is 10.6 Å². The molecule has 10 heteroatoms. The summed E-state index contributed by atoms with van der Waals surface area (Å²) in [7, 11) is 0. The number of hydrogen-bond donors (Lipinski definition) is 2.